The van der Waals surface area contributed by atoms with E-state index in [0.717, 1.165) is 19.5 Å². The molecule has 2 unspecified atom stereocenters. The summed E-state index contributed by atoms with van der Waals surface area (Å²) in [6.07, 6.45) is 3.91. The van der Waals surface area contributed by atoms with Crippen molar-refractivity contribution in [3.63, 3.8) is 0 Å². The Kier molecular flexibility index (Phi) is 4.70. The van der Waals surface area contributed by atoms with E-state index in [2.05, 4.69) is 11.8 Å². The van der Waals surface area contributed by atoms with E-state index in [0.29, 0.717) is 6.04 Å². The van der Waals surface area contributed by atoms with Crippen molar-refractivity contribution >= 4 is 0 Å². The molecular weight excluding hydrogens is 166 g/mol. The lowest BCUT2D eigenvalue weighted by Gasteiger charge is -2.35. The molecule has 1 aliphatic rings. The predicted octanol–water partition coefficient (Wildman–Crippen LogP) is 0.868. The van der Waals surface area contributed by atoms with Crippen LogP contribution in [0.15, 0.2) is 0 Å². The molecule has 3 heteroatoms. The number of hydrogen-bond acceptors (Lipinski definition) is 3. The van der Waals surface area contributed by atoms with Crippen LogP contribution in [0.4, 0.5) is 0 Å². The number of likely N-dealkylation sites (tertiary alicyclic amines) is 1. The lowest BCUT2D eigenvalue weighted by atomic mass is 10.0. The third kappa shape index (κ3) is 3.25. The Morgan fingerprint density at radius 3 is 2.92 bits per heavy atom. The van der Waals surface area contributed by atoms with E-state index < -0.39 is 0 Å². The minimum Gasteiger partial charge on any atom is -0.395 e. The monoisotopic (exact) mass is 187 g/mol. The second kappa shape index (κ2) is 5.58. The van der Waals surface area contributed by atoms with Gasteiger partial charge < -0.3 is 9.84 Å². The van der Waals surface area contributed by atoms with E-state index in [1.807, 2.05) is 0 Å². The largest absolute Gasteiger partial charge is 0.395 e. The van der Waals surface area contributed by atoms with Crippen LogP contribution in [-0.4, -0.2) is 49.0 Å². The molecular formula is C10H21NO2. The van der Waals surface area contributed by atoms with E-state index in [1.54, 1.807) is 7.11 Å². The summed E-state index contributed by atoms with van der Waals surface area (Å²) >= 11 is 0. The molecule has 0 radical (unpaired) electrons. The fourth-order valence-electron chi connectivity index (χ4n) is 1.91. The number of methoxy groups -OCH3 is 1. The molecule has 0 aromatic rings. The number of aliphatic hydroxyl groups is 1. The lowest BCUT2D eigenvalue weighted by Crippen LogP contribution is -2.45. The Bertz CT molecular complexity index is 141. The molecule has 0 aliphatic carbocycles. The van der Waals surface area contributed by atoms with E-state index >= 15 is 0 Å². The topological polar surface area (TPSA) is 32.7 Å². The summed E-state index contributed by atoms with van der Waals surface area (Å²) in [5, 5.41) is 9.16. The minimum absolute atomic E-state index is 0.271. The number of hydrogen-bond donors (Lipinski definition) is 1. The van der Waals surface area contributed by atoms with Gasteiger partial charge in [-0.15, -0.1) is 0 Å². The highest BCUT2D eigenvalue weighted by Crippen LogP contribution is 2.16. The van der Waals surface area contributed by atoms with Crippen LogP contribution in [0.5, 0.6) is 0 Å². The average Bonchev–Trinajstić information content (AvgIpc) is 2.18. The first kappa shape index (κ1) is 11.0. The molecule has 3 nitrogen and oxygen atoms in total. The third-order valence-corrected chi connectivity index (χ3v) is 2.85. The maximum Gasteiger partial charge on any atom is 0.0670 e. The Labute approximate surface area is 80.7 Å². The molecule has 0 amide bonds. The van der Waals surface area contributed by atoms with E-state index in [4.69, 9.17) is 9.84 Å². The number of aliphatic hydroxyl groups excluding tert-OH is 1. The smallest absolute Gasteiger partial charge is 0.0670 e. The summed E-state index contributed by atoms with van der Waals surface area (Å²) in [6, 6.07) is 0.367. The van der Waals surface area contributed by atoms with E-state index in [9.17, 15) is 0 Å². The molecule has 0 aromatic carbocycles. The zero-order valence-electron chi connectivity index (χ0n) is 8.70. The summed E-state index contributed by atoms with van der Waals surface area (Å²) in [6.45, 7) is 4.42. The number of nitrogens with zero attached hydrogens (tertiary/aromatic N) is 1. The van der Waals surface area contributed by atoms with Gasteiger partial charge >= 0.3 is 0 Å². The van der Waals surface area contributed by atoms with Crippen LogP contribution >= 0.6 is 0 Å². The fourth-order valence-corrected chi connectivity index (χ4v) is 1.91. The Morgan fingerprint density at radius 1 is 1.54 bits per heavy atom. The van der Waals surface area contributed by atoms with Gasteiger partial charge in [-0.3, -0.25) is 4.90 Å². The number of piperidine rings is 1. The molecule has 1 saturated heterocycles. The predicted molar refractivity (Wildman–Crippen MR) is 52.8 cm³/mol. The second-order valence-corrected chi connectivity index (χ2v) is 3.87. The highest BCUT2D eigenvalue weighted by atomic mass is 16.5. The maximum atomic E-state index is 9.16. The zero-order chi connectivity index (χ0) is 9.68. The van der Waals surface area contributed by atoms with Crippen LogP contribution in [0.25, 0.3) is 0 Å². The molecule has 2 atom stereocenters. The first-order chi connectivity index (χ1) is 6.27. The fraction of sp³-hybridized carbons (Fsp3) is 1.00. The molecule has 13 heavy (non-hydrogen) atoms. The van der Waals surface area contributed by atoms with Crippen LogP contribution < -0.4 is 0 Å². The van der Waals surface area contributed by atoms with Gasteiger partial charge in [-0.1, -0.05) is 6.42 Å². The van der Waals surface area contributed by atoms with Gasteiger partial charge in [0.25, 0.3) is 0 Å². The summed E-state index contributed by atoms with van der Waals surface area (Å²) in [7, 11) is 1.74. The molecule has 0 bridgehead atoms. The van der Waals surface area contributed by atoms with Crippen molar-refractivity contribution in [1.29, 1.82) is 0 Å². The van der Waals surface area contributed by atoms with Crippen molar-refractivity contribution in [3.05, 3.63) is 0 Å². The molecule has 0 spiro atoms. The molecule has 1 rings (SSSR count). The van der Waals surface area contributed by atoms with Crippen LogP contribution in [0.1, 0.15) is 26.2 Å². The number of ether oxygens (including phenoxy) is 1. The summed E-state index contributed by atoms with van der Waals surface area (Å²) in [5.74, 6) is 0. The summed E-state index contributed by atoms with van der Waals surface area (Å²) in [5.41, 5.74) is 0. The molecule has 0 saturated carbocycles. The van der Waals surface area contributed by atoms with Crippen molar-refractivity contribution in [2.75, 3.05) is 26.8 Å². The SMILES string of the molecule is COC(C)CN1CCCCC1CO. The van der Waals surface area contributed by atoms with Crippen molar-refractivity contribution in [1.82, 2.24) is 4.90 Å². The molecule has 1 fully saturated rings. The standard InChI is InChI=1S/C10H21NO2/c1-9(13-2)7-11-6-4-3-5-10(11)8-12/h9-10,12H,3-8H2,1-2H3. The summed E-state index contributed by atoms with van der Waals surface area (Å²) in [4.78, 5) is 2.34. The molecule has 1 heterocycles. The third-order valence-electron chi connectivity index (χ3n) is 2.85. The van der Waals surface area contributed by atoms with Crippen LogP contribution in [0, 0.1) is 0 Å². The van der Waals surface area contributed by atoms with Gasteiger partial charge in [0.2, 0.25) is 0 Å². The minimum atomic E-state index is 0.271. The van der Waals surface area contributed by atoms with Gasteiger partial charge in [-0.2, -0.15) is 0 Å². The van der Waals surface area contributed by atoms with E-state index in [1.165, 1.54) is 12.8 Å². The van der Waals surface area contributed by atoms with Gasteiger partial charge in [0.05, 0.1) is 12.7 Å². The number of rotatable bonds is 4. The highest BCUT2D eigenvalue weighted by molar-refractivity contribution is 4.77. The lowest BCUT2D eigenvalue weighted by molar-refractivity contribution is 0.0283. The van der Waals surface area contributed by atoms with Gasteiger partial charge in [-0.05, 0) is 26.3 Å². The molecule has 78 valence electrons. The van der Waals surface area contributed by atoms with Gasteiger partial charge in [0.15, 0.2) is 0 Å². The quantitative estimate of drug-likeness (QED) is 0.709. The molecule has 1 aliphatic heterocycles. The van der Waals surface area contributed by atoms with Gasteiger partial charge in [-0.25, -0.2) is 0 Å². The average molecular weight is 187 g/mol. The second-order valence-electron chi connectivity index (χ2n) is 3.87. The van der Waals surface area contributed by atoms with Crippen molar-refractivity contribution < 1.29 is 9.84 Å². The van der Waals surface area contributed by atoms with Crippen LogP contribution in [-0.2, 0) is 4.74 Å². The first-order valence-corrected chi connectivity index (χ1v) is 5.15. The van der Waals surface area contributed by atoms with Crippen molar-refractivity contribution in [2.24, 2.45) is 0 Å². The van der Waals surface area contributed by atoms with E-state index in [-0.39, 0.29) is 12.7 Å². The van der Waals surface area contributed by atoms with Crippen LogP contribution in [0.2, 0.25) is 0 Å². The first-order valence-electron chi connectivity index (χ1n) is 5.15. The van der Waals surface area contributed by atoms with Crippen molar-refractivity contribution in [3.8, 4) is 0 Å². The highest BCUT2D eigenvalue weighted by Gasteiger charge is 2.22. The summed E-state index contributed by atoms with van der Waals surface area (Å²) < 4.78 is 5.22. The Balaban J connectivity index is 2.35. The maximum absolute atomic E-state index is 9.16. The zero-order valence-corrected chi connectivity index (χ0v) is 8.70. The molecule has 1 N–H and O–H groups in total. The van der Waals surface area contributed by atoms with Gasteiger partial charge in [0, 0.05) is 19.7 Å². The normalized spacial score (nSPS) is 27.5. The Morgan fingerprint density at radius 2 is 2.31 bits per heavy atom. The van der Waals surface area contributed by atoms with Crippen LogP contribution in [0.3, 0.4) is 0 Å². The Hall–Kier alpha value is -0.120. The molecule has 0 aromatic heterocycles. The van der Waals surface area contributed by atoms with Gasteiger partial charge in [0.1, 0.15) is 0 Å². The van der Waals surface area contributed by atoms with Crippen molar-refractivity contribution in [2.45, 2.75) is 38.3 Å².